The highest BCUT2D eigenvalue weighted by molar-refractivity contribution is 5.94. The predicted molar refractivity (Wildman–Crippen MR) is 200 cm³/mol. The summed E-state index contributed by atoms with van der Waals surface area (Å²) >= 11 is 0. The summed E-state index contributed by atoms with van der Waals surface area (Å²) in [5.74, 6) is -2.62. The number of esters is 2. The maximum absolute atomic E-state index is 14.9. The Bertz CT molecular complexity index is 1510. The van der Waals surface area contributed by atoms with E-state index in [1.165, 1.54) is 16.0 Å². The molecule has 2 amide bonds. The van der Waals surface area contributed by atoms with E-state index in [0.29, 0.717) is 12.8 Å². The van der Waals surface area contributed by atoms with E-state index in [1.54, 1.807) is 40.9 Å². The van der Waals surface area contributed by atoms with Gasteiger partial charge in [0.1, 0.15) is 35.4 Å². The molecule has 300 valence electrons. The zero-order chi connectivity index (χ0) is 39.3. The average Bonchev–Trinajstić information content (AvgIpc) is 3.67. The highest BCUT2D eigenvalue weighted by Crippen LogP contribution is 2.58. The monoisotopic (exact) mass is 755 g/mol. The molecule has 1 aromatic rings. The van der Waals surface area contributed by atoms with Crippen LogP contribution in [0.1, 0.15) is 116 Å². The van der Waals surface area contributed by atoms with E-state index in [9.17, 15) is 24.3 Å². The SMILES string of the molecule is CCCCCC1(CCCCC)O[C@@H]2[C@H](O1)[C@H]1ON(Cc3ccccc3C=CC(=O)N(C)C)[C@H]3C(=O)O[C@@H]2C[C@@]13C(=O)N[C@H](CO)CCC(=O)OC(C)(C)C. The number of nitrogens with zero attached hydrogens (tertiary/aromatic N) is 2. The van der Waals surface area contributed by atoms with Gasteiger partial charge in [-0.25, -0.2) is 0 Å². The second-order valence-corrected chi connectivity index (χ2v) is 16.5. The minimum absolute atomic E-state index is 0.0176. The minimum Gasteiger partial charge on any atom is -0.460 e. The van der Waals surface area contributed by atoms with Gasteiger partial charge in [0.25, 0.3) is 0 Å². The van der Waals surface area contributed by atoms with Gasteiger partial charge in [0.15, 0.2) is 11.8 Å². The molecule has 0 radical (unpaired) electrons. The maximum Gasteiger partial charge on any atom is 0.327 e. The van der Waals surface area contributed by atoms with Gasteiger partial charge in [0.2, 0.25) is 11.8 Å². The lowest BCUT2D eigenvalue weighted by Crippen LogP contribution is -2.70. The highest BCUT2D eigenvalue weighted by atomic mass is 16.8. The first-order chi connectivity index (χ1) is 25.7. The highest BCUT2D eigenvalue weighted by Gasteiger charge is 2.76. The first kappa shape index (κ1) is 41.8. The van der Waals surface area contributed by atoms with Gasteiger partial charge in [0, 0.05) is 45.9 Å². The number of carbonyl (C=O) groups excluding carboxylic acids is 4. The van der Waals surface area contributed by atoms with Crippen LogP contribution < -0.4 is 5.32 Å². The summed E-state index contributed by atoms with van der Waals surface area (Å²) in [6.45, 7) is 9.31. The number of aliphatic hydroxyl groups is 1. The minimum atomic E-state index is -1.46. The summed E-state index contributed by atoms with van der Waals surface area (Å²) in [5, 5.41) is 14.9. The van der Waals surface area contributed by atoms with Crippen molar-refractivity contribution in [3.8, 4) is 0 Å². The molecule has 13 nitrogen and oxygen atoms in total. The largest absolute Gasteiger partial charge is 0.460 e. The lowest BCUT2D eigenvalue weighted by atomic mass is 9.62. The van der Waals surface area contributed by atoms with Crippen LogP contribution in [0.2, 0.25) is 0 Å². The van der Waals surface area contributed by atoms with E-state index in [0.717, 1.165) is 49.7 Å². The number of unbranched alkanes of at least 4 members (excludes halogenated alkanes) is 4. The van der Waals surface area contributed by atoms with Crippen molar-refractivity contribution in [1.29, 1.82) is 0 Å². The van der Waals surface area contributed by atoms with Crippen molar-refractivity contribution in [2.45, 2.75) is 160 Å². The van der Waals surface area contributed by atoms with Gasteiger partial charge >= 0.3 is 11.9 Å². The number of hydrogen-bond donors (Lipinski definition) is 2. The third-order valence-corrected chi connectivity index (χ3v) is 10.9. The van der Waals surface area contributed by atoms with Gasteiger partial charge in [-0.3, -0.25) is 24.0 Å². The fourth-order valence-electron chi connectivity index (χ4n) is 8.23. The van der Waals surface area contributed by atoms with E-state index >= 15 is 0 Å². The number of rotatable bonds is 18. The van der Waals surface area contributed by atoms with E-state index in [1.807, 2.05) is 24.3 Å². The third-order valence-electron chi connectivity index (χ3n) is 10.9. The summed E-state index contributed by atoms with van der Waals surface area (Å²) in [7, 11) is 3.35. The Kier molecular flexibility index (Phi) is 13.6. The second-order valence-electron chi connectivity index (χ2n) is 16.5. The Morgan fingerprint density at radius 2 is 1.72 bits per heavy atom. The fraction of sp³-hybridized carbons (Fsp3) is 0.707. The van der Waals surface area contributed by atoms with Gasteiger partial charge in [-0.15, -0.1) is 0 Å². The van der Waals surface area contributed by atoms with Crippen LogP contribution in [0.4, 0.5) is 0 Å². The van der Waals surface area contributed by atoms with E-state index in [-0.39, 0.29) is 31.7 Å². The molecule has 0 spiro atoms. The van der Waals surface area contributed by atoms with Crippen LogP contribution in [0, 0.1) is 5.41 Å². The summed E-state index contributed by atoms with van der Waals surface area (Å²) in [6.07, 6.45) is 7.62. The molecule has 3 heterocycles. The number of hydrogen-bond acceptors (Lipinski definition) is 11. The molecule has 3 aliphatic heterocycles. The number of likely N-dealkylation sites (N-methyl/N-ethyl adjacent to an activating group) is 1. The van der Waals surface area contributed by atoms with Crippen LogP contribution in [-0.2, 0) is 49.5 Å². The molecule has 4 aliphatic rings. The van der Waals surface area contributed by atoms with E-state index in [4.69, 9.17) is 23.8 Å². The van der Waals surface area contributed by atoms with Crippen molar-refractivity contribution in [3.63, 3.8) is 0 Å². The number of benzene rings is 1. The molecule has 1 aliphatic carbocycles. The number of hydroxylamine groups is 2. The first-order valence-electron chi connectivity index (χ1n) is 19.8. The number of aliphatic hydroxyl groups excluding tert-OH is 1. The quantitative estimate of drug-likeness (QED) is 0.120. The van der Waals surface area contributed by atoms with Crippen LogP contribution in [0.3, 0.4) is 0 Å². The van der Waals surface area contributed by atoms with Crippen molar-refractivity contribution >= 4 is 29.8 Å². The van der Waals surface area contributed by atoms with Crippen LogP contribution in [-0.4, -0.2) is 107 Å². The first-order valence-corrected chi connectivity index (χ1v) is 19.8. The normalized spacial score (nSPS) is 27.7. The maximum atomic E-state index is 14.9. The smallest absolute Gasteiger partial charge is 0.327 e. The van der Waals surface area contributed by atoms with E-state index in [2.05, 4.69) is 19.2 Å². The lowest BCUT2D eigenvalue weighted by molar-refractivity contribution is -0.224. The predicted octanol–water partition coefficient (Wildman–Crippen LogP) is 4.83. The number of fused-ring (bicyclic) bond motifs is 4. The fourth-order valence-corrected chi connectivity index (χ4v) is 8.23. The zero-order valence-corrected chi connectivity index (χ0v) is 33.1. The molecule has 1 aromatic carbocycles. The molecule has 5 rings (SSSR count). The molecule has 54 heavy (non-hydrogen) atoms. The Morgan fingerprint density at radius 3 is 2.35 bits per heavy atom. The molecule has 2 N–H and O–H groups in total. The van der Waals surface area contributed by atoms with Crippen molar-refractivity contribution in [2.24, 2.45) is 5.41 Å². The number of ether oxygens (including phenoxy) is 4. The average molecular weight is 756 g/mol. The molecular weight excluding hydrogens is 694 g/mol. The zero-order valence-electron chi connectivity index (χ0n) is 33.1. The number of amides is 2. The molecule has 7 atom stereocenters. The molecule has 13 heteroatoms. The van der Waals surface area contributed by atoms with Gasteiger partial charge in [-0.05, 0) is 57.2 Å². The van der Waals surface area contributed by atoms with Crippen LogP contribution >= 0.6 is 0 Å². The Labute approximate surface area is 320 Å². The molecule has 3 saturated heterocycles. The van der Waals surface area contributed by atoms with Gasteiger partial charge in [0.05, 0.1) is 19.2 Å². The number of carbonyl (C=O) groups is 4. The van der Waals surface area contributed by atoms with Crippen molar-refractivity contribution in [1.82, 2.24) is 15.3 Å². The molecule has 2 bridgehead atoms. The number of nitrogens with one attached hydrogen (secondary N) is 1. The molecular formula is C41H61N3O10. The van der Waals surface area contributed by atoms with Crippen molar-refractivity contribution in [2.75, 3.05) is 20.7 Å². The van der Waals surface area contributed by atoms with E-state index < -0.39 is 77.8 Å². The Balaban J connectivity index is 1.50. The second kappa shape index (κ2) is 17.6. The molecule has 4 fully saturated rings. The Hall–Kier alpha value is -3.36. The van der Waals surface area contributed by atoms with Crippen LogP contribution in [0.25, 0.3) is 6.08 Å². The standard InChI is InChI=1S/C41H61N3O10/c1-8-10-14-22-40(23-15-11-9-2)52-33-30-24-41(38(49)42-29(26-45)19-21-32(47)51-39(3,4)5)35(37(48)50-30)44(54-36(41)34(33)53-40)25-28-17-13-12-16-27(28)18-20-31(46)43(6)7/h12-13,16-18,20,29-30,33-36,45H,8-11,14-15,19,21-26H2,1-7H3,(H,42,49)/t29-,30+,33-,34-,35-,36+,41-/m0/s1. The summed E-state index contributed by atoms with van der Waals surface area (Å²) in [4.78, 5) is 62.3. The summed E-state index contributed by atoms with van der Waals surface area (Å²) in [6, 6.07) is 5.55. The lowest BCUT2D eigenvalue weighted by Gasteiger charge is -2.49. The van der Waals surface area contributed by atoms with Crippen molar-refractivity contribution < 1.29 is 48.1 Å². The van der Waals surface area contributed by atoms with Crippen molar-refractivity contribution in [3.05, 3.63) is 41.5 Å². The Morgan fingerprint density at radius 1 is 1.06 bits per heavy atom. The molecule has 0 aromatic heterocycles. The van der Waals surface area contributed by atoms with Crippen LogP contribution in [0.15, 0.2) is 30.3 Å². The molecule has 1 saturated carbocycles. The van der Waals surface area contributed by atoms with Gasteiger partial charge in [-0.2, -0.15) is 5.06 Å². The summed E-state index contributed by atoms with van der Waals surface area (Å²) < 4.78 is 25.4. The molecule has 0 unspecified atom stereocenters. The van der Waals surface area contributed by atoms with Crippen LogP contribution in [0.5, 0.6) is 0 Å². The van der Waals surface area contributed by atoms with Gasteiger partial charge in [-0.1, -0.05) is 63.8 Å². The topological polar surface area (TPSA) is 153 Å². The van der Waals surface area contributed by atoms with Gasteiger partial charge < -0.3 is 34.3 Å². The third kappa shape index (κ3) is 9.18. The summed E-state index contributed by atoms with van der Waals surface area (Å²) in [5.41, 5.74) is -0.619.